The minimum Gasteiger partial charge on any atom is -0.369 e. The third-order valence-electron chi connectivity index (χ3n) is 4.14. The van der Waals surface area contributed by atoms with E-state index in [1.807, 2.05) is 24.3 Å². The lowest BCUT2D eigenvalue weighted by atomic mass is 9.71. The van der Waals surface area contributed by atoms with Crippen molar-refractivity contribution in [3.05, 3.63) is 34.9 Å². The highest BCUT2D eigenvalue weighted by Crippen LogP contribution is 2.41. The van der Waals surface area contributed by atoms with Crippen molar-refractivity contribution in [3.63, 3.8) is 0 Å². The van der Waals surface area contributed by atoms with Crippen LogP contribution in [0.4, 0.5) is 0 Å². The number of hydrogen-bond acceptors (Lipinski definition) is 2. The third kappa shape index (κ3) is 4.21. The molecule has 20 heavy (non-hydrogen) atoms. The minimum atomic E-state index is -0.0557. The van der Waals surface area contributed by atoms with Gasteiger partial charge in [0.05, 0.1) is 12.2 Å². The van der Waals surface area contributed by atoms with Gasteiger partial charge in [-0.05, 0) is 48.3 Å². The van der Waals surface area contributed by atoms with Gasteiger partial charge in [0.25, 0.3) is 0 Å². The van der Waals surface area contributed by atoms with E-state index in [2.05, 4.69) is 20.8 Å². The van der Waals surface area contributed by atoms with Crippen LogP contribution in [0, 0.1) is 11.3 Å². The summed E-state index contributed by atoms with van der Waals surface area (Å²) in [5.41, 5.74) is 7.34. The molecule has 1 fully saturated rings. The standard InChI is InChI=1S/C17H26ClNO/c1-12-7-15(10-17(2,3)9-12)20-16(11-19)13-5-4-6-14(18)8-13/h4-6,8,12,15-16H,7,9-11,19H2,1-3H3. The van der Waals surface area contributed by atoms with Crippen LogP contribution < -0.4 is 5.73 Å². The molecular formula is C17H26ClNO. The fourth-order valence-electron chi connectivity index (χ4n) is 3.57. The highest BCUT2D eigenvalue weighted by molar-refractivity contribution is 6.30. The molecule has 0 amide bonds. The van der Waals surface area contributed by atoms with Crippen molar-refractivity contribution in [2.24, 2.45) is 17.1 Å². The average molecular weight is 296 g/mol. The molecule has 3 atom stereocenters. The maximum atomic E-state index is 6.30. The Morgan fingerprint density at radius 3 is 2.75 bits per heavy atom. The van der Waals surface area contributed by atoms with Crippen LogP contribution >= 0.6 is 11.6 Å². The fourth-order valence-corrected chi connectivity index (χ4v) is 3.77. The van der Waals surface area contributed by atoms with Crippen molar-refractivity contribution in [2.75, 3.05) is 6.54 Å². The van der Waals surface area contributed by atoms with Crippen LogP contribution in [0.1, 0.15) is 51.7 Å². The molecule has 0 heterocycles. The average Bonchev–Trinajstić information content (AvgIpc) is 2.33. The Labute approximate surface area is 127 Å². The van der Waals surface area contributed by atoms with Crippen molar-refractivity contribution < 1.29 is 4.74 Å². The van der Waals surface area contributed by atoms with Gasteiger partial charge in [0, 0.05) is 11.6 Å². The number of rotatable bonds is 4. The molecule has 0 aliphatic heterocycles. The van der Waals surface area contributed by atoms with Crippen molar-refractivity contribution in [3.8, 4) is 0 Å². The lowest BCUT2D eigenvalue weighted by Crippen LogP contribution is -2.34. The summed E-state index contributed by atoms with van der Waals surface area (Å²) >= 11 is 6.06. The Morgan fingerprint density at radius 1 is 1.40 bits per heavy atom. The van der Waals surface area contributed by atoms with Crippen LogP contribution in [0.2, 0.25) is 5.02 Å². The van der Waals surface area contributed by atoms with Gasteiger partial charge >= 0.3 is 0 Å². The Balaban J connectivity index is 2.06. The van der Waals surface area contributed by atoms with Crippen LogP contribution in [0.3, 0.4) is 0 Å². The molecule has 112 valence electrons. The maximum Gasteiger partial charge on any atom is 0.0951 e. The van der Waals surface area contributed by atoms with Crippen LogP contribution in [-0.2, 0) is 4.74 Å². The minimum absolute atomic E-state index is 0.0557. The number of nitrogens with two attached hydrogens (primary N) is 1. The normalized spacial score (nSPS) is 27.2. The van der Waals surface area contributed by atoms with E-state index in [-0.39, 0.29) is 6.10 Å². The summed E-state index contributed by atoms with van der Waals surface area (Å²) < 4.78 is 6.30. The van der Waals surface area contributed by atoms with Gasteiger partial charge < -0.3 is 10.5 Å². The molecule has 1 aromatic carbocycles. The van der Waals surface area contributed by atoms with Gasteiger partial charge in [-0.2, -0.15) is 0 Å². The molecule has 1 aliphatic carbocycles. The van der Waals surface area contributed by atoms with Gasteiger partial charge in [-0.3, -0.25) is 0 Å². The van der Waals surface area contributed by atoms with Crippen molar-refractivity contribution >= 4 is 11.6 Å². The molecule has 2 nitrogen and oxygen atoms in total. The summed E-state index contributed by atoms with van der Waals surface area (Å²) in [6, 6.07) is 7.83. The first-order valence-electron chi connectivity index (χ1n) is 7.50. The first-order chi connectivity index (χ1) is 9.39. The first-order valence-corrected chi connectivity index (χ1v) is 7.88. The quantitative estimate of drug-likeness (QED) is 0.883. The van der Waals surface area contributed by atoms with Gasteiger partial charge in [0.2, 0.25) is 0 Å². The summed E-state index contributed by atoms with van der Waals surface area (Å²) in [5, 5.41) is 0.738. The largest absolute Gasteiger partial charge is 0.369 e. The van der Waals surface area contributed by atoms with E-state index in [1.165, 1.54) is 6.42 Å². The molecule has 2 rings (SSSR count). The molecule has 2 N–H and O–H groups in total. The highest BCUT2D eigenvalue weighted by Gasteiger charge is 2.33. The predicted octanol–water partition coefficient (Wildman–Crippen LogP) is 4.57. The molecule has 0 radical (unpaired) electrons. The monoisotopic (exact) mass is 295 g/mol. The SMILES string of the molecule is CC1CC(OC(CN)c2cccc(Cl)c2)CC(C)(C)C1. The van der Waals surface area contributed by atoms with Crippen LogP contribution in [0.15, 0.2) is 24.3 Å². The fraction of sp³-hybridized carbons (Fsp3) is 0.647. The second kappa shape index (κ2) is 6.46. The molecule has 0 saturated heterocycles. The van der Waals surface area contributed by atoms with Gasteiger partial charge in [-0.1, -0.05) is 44.5 Å². The third-order valence-corrected chi connectivity index (χ3v) is 4.37. The molecule has 0 bridgehead atoms. The Bertz CT molecular complexity index is 446. The highest BCUT2D eigenvalue weighted by atomic mass is 35.5. The van der Waals surface area contributed by atoms with E-state index in [0.29, 0.717) is 24.0 Å². The molecule has 1 saturated carbocycles. The summed E-state index contributed by atoms with van der Waals surface area (Å²) in [6.45, 7) is 7.46. The molecule has 3 heteroatoms. The van der Waals surface area contributed by atoms with Crippen LogP contribution in [-0.4, -0.2) is 12.6 Å². The Morgan fingerprint density at radius 2 is 2.15 bits per heavy atom. The zero-order valence-electron chi connectivity index (χ0n) is 12.7. The summed E-state index contributed by atoms with van der Waals surface area (Å²) in [6.07, 6.45) is 3.74. The topological polar surface area (TPSA) is 35.2 Å². The molecule has 1 aromatic rings. The second-order valence-corrected chi connectivity index (χ2v) is 7.39. The first kappa shape index (κ1) is 15.8. The number of hydrogen-bond donors (Lipinski definition) is 1. The van der Waals surface area contributed by atoms with Gasteiger partial charge in [0.15, 0.2) is 0 Å². The van der Waals surface area contributed by atoms with Gasteiger partial charge in [-0.25, -0.2) is 0 Å². The van der Waals surface area contributed by atoms with E-state index >= 15 is 0 Å². The maximum absolute atomic E-state index is 6.30. The van der Waals surface area contributed by atoms with Crippen LogP contribution in [0.25, 0.3) is 0 Å². The van der Waals surface area contributed by atoms with Crippen molar-refractivity contribution in [1.29, 1.82) is 0 Å². The molecular weight excluding hydrogens is 270 g/mol. The van der Waals surface area contributed by atoms with E-state index in [1.54, 1.807) is 0 Å². The number of benzene rings is 1. The second-order valence-electron chi connectivity index (χ2n) is 6.95. The lowest BCUT2D eigenvalue weighted by Gasteiger charge is -2.40. The van der Waals surface area contributed by atoms with Gasteiger partial charge in [0.1, 0.15) is 0 Å². The number of ether oxygens (including phenoxy) is 1. The Kier molecular flexibility index (Phi) is 5.11. The lowest BCUT2D eigenvalue weighted by molar-refractivity contribution is -0.0635. The summed E-state index contributed by atoms with van der Waals surface area (Å²) in [5.74, 6) is 0.710. The van der Waals surface area contributed by atoms with E-state index in [9.17, 15) is 0 Å². The molecule has 1 aliphatic rings. The zero-order valence-corrected chi connectivity index (χ0v) is 13.5. The predicted molar refractivity (Wildman–Crippen MR) is 84.9 cm³/mol. The van der Waals surface area contributed by atoms with E-state index in [0.717, 1.165) is 23.4 Å². The van der Waals surface area contributed by atoms with Crippen molar-refractivity contribution in [1.82, 2.24) is 0 Å². The molecule has 0 spiro atoms. The molecule has 3 unspecified atom stereocenters. The number of halogens is 1. The zero-order chi connectivity index (χ0) is 14.8. The van der Waals surface area contributed by atoms with Gasteiger partial charge in [-0.15, -0.1) is 0 Å². The van der Waals surface area contributed by atoms with Crippen LogP contribution in [0.5, 0.6) is 0 Å². The molecule has 0 aromatic heterocycles. The summed E-state index contributed by atoms with van der Waals surface area (Å²) in [4.78, 5) is 0. The summed E-state index contributed by atoms with van der Waals surface area (Å²) in [7, 11) is 0. The smallest absolute Gasteiger partial charge is 0.0951 e. The van der Waals surface area contributed by atoms with E-state index in [4.69, 9.17) is 22.1 Å². The van der Waals surface area contributed by atoms with E-state index < -0.39 is 0 Å². The Hall–Kier alpha value is -0.570. The van der Waals surface area contributed by atoms with Crippen molar-refractivity contribution in [2.45, 2.75) is 52.2 Å².